The molecule has 2 atom stereocenters. The first kappa shape index (κ1) is 11.2. The molecule has 90 valence electrons. The third-order valence-corrected chi connectivity index (χ3v) is 3.56. The van der Waals surface area contributed by atoms with E-state index in [0.29, 0.717) is 5.92 Å². The van der Waals surface area contributed by atoms with E-state index in [1.165, 1.54) is 0 Å². The van der Waals surface area contributed by atoms with Gasteiger partial charge in [-0.05, 0) is 36.5 Å². The van der Waals surface area contributed by atoms with Gasteiger partial charge in [-0.2, -0.15) is 5.26 Å². The molecule has 2 aromatic rings. The van der Waals surface area contributed by atoms with Crippen LogP contribution in [0.5, 0.6) is 0 Å². The van der Waals surface area contributed by atoms with Crippen molar-refractivity contribution in [2.75, 3.05) is 0 Å². The van der Waals surface area contributed by atoms with Gasteiger partial charge in [-0.1, -0.05) is 18.2 Å². The smallest absolute Gasteiger partial charge is 0.0989 e. The maximum atomic E-state index is 10.1. The van der Waals surface area contributed by atoms with Gasteiger partial charge in [0.2, 0.25) is 0 Å². The lowest BCUT2D eigenvalue weighted by molar-refractivity contribution is 0.138. The van der Waals surface area contributed by atoms with Crippen molar-refractivity contribution in [3.05, 3.63) is 42.1 Å². The first-order valence-electron chi connectivity index (χ1n) is 6.22. The number of hydrogen-bond donors (Lipinski definition) is 1. The fourth-order valence-electron chi connectivity index (χ4n) is 2.32. The Morgan fingerprint density at radius 1 is 1.33 bits per heavy atom. The van der Waals surface area contributed by atoms with E-state index in [4.69, 9.17) is 0 Å². The minimum Gasteiger partial charge on any atom is -0.391 e. The minimum atomic E-state index is -0.557. The maximum absolute atomic E-state index is 10.1. The Hall–Kier alpha value is -1.92. The molecule has 1 aliphatic rings. The zero-order chi connectivity index (χ0) is 12.5. The number of pyridine rings is 1. The molecule has 1 N–H and O–H groups in total. The van der Waals surface area contributed by atoms with E-state index in [1.807, 2.05) is 30.3 Å². The lowest BCUT2D eigenvalue weighted by atomic mass is 9.92. The number of nitriles is 1. The summed E-state index contributed by atoms with van der Waals surface area (Å²) in [5.41, 5.74) is 1.73. The van der Waals surface area contributed by atoms with Crippen LogP contribution in [0.3, 0.4) is 0 Å². The molecule has 0 saturated heterocycles. The SMILES string of the molecule is N#CC(c1cnc2ccccc2c1)C(O)C1CC1. The molecule has 0 radical (unpaired) electrons. The highest BCUT2D eigenvalue weighted by Crippen LogP contribution is 2.39. The number of benzene rings is 1. The molecule has 3 heteroatoms. The van der Waals surface area contributed by atoms with Gasteiger partial charge in [0.25, 0.3) is 0 Å². The Morgan fingerprint density at radius 2 is 2.11 bits per heavy atom. The van der Waals surface area contributed by atoms with Crippen molar-refractivity contribution in [2.45, 2.75) is 24.9 Å². The summed E-state index contributed by atoms with van der Waals surface area (Å²) >= 11 is 0. The van der Waals surface area contributed by atoms with Crippen LogP contribution in [0.1, 0.15) is 24.3 Å². The normalized spacial score (nSPS) is 18.2. The summed E-state index contributed by atoms with van der Waals surface area (Å²) in [5.74, 6) is -0.171. The van der Waals surface area contributed by atoms with Crippen molar-refractivity contribution in [2.24, 2.45) is 5.92 Å². The molecule has 1 aromatic heterocycles. The Bertz CT molecular complexity index is 613. The van der Waals surface area contributed by atoms with Crippen molar-refractivity contribution in [1.82, 2.24) is 4.98 Å². The zero-order valence-electron chi connectivity index (χ0n) is 9.95. The number of para-hydroxylation sites is 1. The summed E-state index contributed by atoms with van der Waals surface area (Å²) in [6.07, 6.45) is 3.21. The van der Waals surface area contributed by atoms with Crippen LogP contribution >= 0.6 is 0 Å². The third kappa shape index (κ3) is 1.96. The van der Waals surface area contributed by atoms with Gasteiger partial charge < -0.3 is 5.11 Å². The number of rotatable bonds is 3. The Morgan fingerprint density at radius 3 is 2.83 bits per heavy atom. The van der Waals surface area contributed by atoms with Crippen LogP contribution in [-0.4, -0.2) is 16.2 Å². The number of fused-ring (bicyclic) bond motifs is 1. The quantitative estimate of drug-likeness (QED) is 0.894. The molecule has 1 heterocycles. The summed E-state index contributed by atoms with van der Waals surface area (Å²) in [5, 5.41) is 20.4. The standard InChI is InChI=1S/C15H14N2O/c16-8-13(15(18)10-5-6-10)12-7-11-3-1-2-4-14(11)17-9-12/h1-4,7,9-10,13,15,18H,5-6H2. The molecule has 3 nitrogen and oxygen atoms in total. The van der Waals surface area contributed by atoms with Gasteiger partial charge >= 0.3 is 0 Å². The molecule has 0 amide bonds. The number of hydrogen-bond acceptors (Lipinski definition) is 3. The number of aliphatic hydroxyl groups is 1. The number of nitrogens with zero attached hydrogens (tertiary/aromatic N) is 2. The van der Waals surface area contributed by atoms with Crippen molar-refractivity contribution in [3.8, 4) is 6.07 Å². The van der Waals surface area contributed by atoms with Crippen LogP contribution in [0.2, 0.25) is 0 Å². The van der Waals surface area contributed by atoms with Gasteiger partial charge in [-0.3, -0.25) is 4.98 Å². The molecule has 18 heavy (non-hydrogen) atoms. The van der Waals surface area contributed by atoms with Crippen molar-refractivity contribution >= 4 is 10.9 Å². The van der Waals surface area contributed by atoms with Crippen LogP contribution in [-0.2, 0) is 0 Å². The second-order valence-corrected chi connectivity index (χ2v) is 4.90. The zero-order valence-corrected chi connectivity index (χ0v) is 9.95. The molecular weight excluding hydrogens is 224 g/mol. The lowest BCUT2D eigenvalue weighted by Crippen LogP contribution is -2.19. The highest BCUT2D eigenvalue weighted by molar-refractivity contribution is 5.78. The third-order valence-electron chi connectivity index (χ3n) is 3.56. The lowest BCUT2D eigenvalue weighted by Gasteiger charge is -2.16. The van der Waals surface area contributed by atoms with Gasteiger partial charge in [0.05, 0.1) is 23.6 Å². The summed E-state index contributed by atoms with van der Waals surface area (Å²) in [4.78, 5) is 4.35. The first-order valence-corrected chi connectivity index (χ1v) is 6.22. The monoisotopic (exact) mass is 238 g/mol. The maximum Gasteiger partial charge on any atom is 0.0989 e. The Kier molecular flexibility index (Phi) is 2.73. The van der Waals surface area contributed by atoms with Gasteiger partial charge in [0.1, 0.15) is 0 Å². The highest BCUT2D eigenvalue weighted by atomic mass is 16.3. The second kappa shape index (κ2) is 4.40. The van der Waals surface area contributed by atoms with E-state index < -0.39 is 12.0 Å². The molecule has 0 bridgehead atoms. The van der Waals surface area contributed by atoms with E-state index in [9.17, 15) is 10.4 Å². The van der Waals surface area contributed by atoms with E-state index in [-0.39, 0.29) is 0 Å². The topological polar surface area (TPSA) is 56.9 Å². The molecule has 0 aliphatic heterocycles. The summed E-state index contributed by atoms with van der Waals surface area (Å²) < 4.78 is 0. The minimum absolute atomic E-state index is 0.293. The van der Waals surface area contributed by atoms with Gasteiger partial charge in [0.15, 0.2) is 0 Å². The molecule has 1 saturated carbocycles. The predicted molar refractivity (Wildman–Crippen MR) is 68.8 cm³/mol. The van der Waals surface area contributed by atoms with Gasteiger partial charge in [0, 0.05) is 11.6 Å². The molecule has 1 fully saturated rings. The molecule has 2 unspecified atom stereocenters. The van der Waals surface area contributed by atoms with Crippen LogP contribution in [0.4, 0.5) is 0 Å². The molecule has 0 spiro atoms. The van der Waals surface area contributed by atoms with E-state index in [0.717, 1.165) is 29.3 Å². The average Bonchev–Trinajstić information content (AvgIpc) is 3.23. The summed E-state index contributed by atoms with van der Waals surface area (Å²) in [6, 6.07) is 12.0. The van der Waals surface area contributed by atoms with Gasteiger partial charge in [-0.25, -0.2) is 0 Å². The van der Waals surface area contributed by atoms with Gasteiger partial charge in [-0.15, -0.1) is 0 Å². The Labute approximate surface area is 106 Å². The first-order chi connectivity index (χ1) is 8.79. The molecule has 1 aliphatic carbocycles. The van der Waals surface area contributed by atoms with Crippen LogP contribution < -0.4 is 0 Å². The Balaban J connectivity index is 1.99. The molecule has 1 aromatic carbocycles. The fourth-order valence-corrected chi connectivity index (χ4v) is 2.32. The predicted octanol–water partition coefficient (Wildman–Crippen LogP) is 2.61. The van der Waals surface area contributed by atoms with Crippen molar-refractivity contribution < 1.29 is 5.11 Å². The highest BCUT2D eigenvalue weighted by Gasteiger charge is 2.36. The van der Waals surface area contributed by atoms with E-state index >= 15 is 0 Å². The second-order valence-electron chi connectivity index (χ2n) is 4.90. The van der Waals surface area contributed by atoms with E-state index in [2.05, 4.69) is 11.1 Å². The largest absolute Gasteiger partial charge is 0.391 e. The van der Waals surface area contributed by atoms with E-state index in [1.54, 1.807) is 6.20 Å². The molecular formula is C15H14N2O. The van der Waals surface area contributed by atoms with Crippen LogP contribution in [0.15, 0.2) is 36.5 Å². The number of aromatic nitrogens is 1. The summed E-state index contributed by atoms with van der Waals surface area (Å²) in [7, 11) is 0. The van der Waals surface area contributed by atoms with Crippen molar-refractivity contribution in [3.63, 3.8) is 0 Å². The van der Waals surface area contributed by atoms with Crippen LogP contribution in [0.25, 0.3) is 10.9 Å². The van der Waals surface area contributed by atoms with Crippen LogP contribution in [0, 0.1) is 17.2 Å². The molecule has 3 rings (SSSR count). The average molecular weight is 238 g/mol. The summed E-state index contributed by atoms with van der Waals surface area (Å²) in [6.45, 7) is 0. The van der Waals surface area contributed by atoms with Crippen molar-refractivity contribution in [1.29, 1.82) is 5.26 Å². The fraction of sp³-hybridized carbons (Fsp3) is 0.333. The number of aliphatic hydroxyl groups excluding tert-OH is 1.